The number of nitrogens with zero attached hydrogens (tertiary/aromatic N) is 2. The molecule has 2 rings (SSSR count). The maximum atomic E-state index is 5.91. The number of nitrogens with two attached hydrogens (primary N) is 1. The molecule has 0 spiro atoms. The molecule has 2 heterocycles. The average Bonchev–Trinajstić information content (AvgIpc) is 2.66. The standard InChI is InChI=1S/C11H14ClN3S/c12-9-2-3-11-14-10(7-15(11)6-9)8-16-5-1-4-13/h2-3,6-7H,1,4-5,8,13H2. The summed E-state index contributed by atoms with van der Waals surface area (Å²) in [4.78, 5) is 4.50. The summed E-state index contributed by atoms with van der Waals surface area (Å²) in [6, 6.07) is 3.78. The van der Waals surface area contributed by atoms with E-state index in [1.807, 2.05) is 40.7 Å². The van der Waals surface area contributed by atoms with Crippen molar-refractivity contribution in [1.82, 2.24) is 9.38 Å². The molecule has 0 unspecified atom stereocenters. The van der Waals surface area contributed by atoms with E-state index in [4.69, 9.17) is 17.3 Å². The fourth-order valence-electron chi connectivity index (χ4n) is 1.45. The predicted octanol–water partition coefficient (Wildman–Crippen LogP) is 2.57. The van der Waals surface area contributed by atoms with Gasteiger partial charge in [-0.05, 0) is 30.9 Å². The van der Waals surface area contributed by atoms with E-state index in [1.54, 1.807) is 0 Å². The van der Waals surface area contributed by atoms with Crippen LogP contribution in [0.1, 0.15) is 12.1 Å². The zero-order valence-electron chi connectivity index (χ0n) is 8.90. The van der Waals surface area contributed by atoms with Crippen LogP contribution in [0.15, 0.2) is 24.5 Å². The number of halogens is 1. The Morgan fingerprint density at radius 1 is 1.38 bits per heavy atom. The van der Waals surface area contributed by atoms with Gasteiger partial charge in [-0.2, -0.15) is 11.8 Å². The molecule has 0 aliphatic carbocycles. The molecule has 0 saturated heterocycles. The summed E-state index contributed by atoms with van der Waals surface area (Å²) in [6.45, 7) is 0.758. The minimum absolute atomic E-state index is 0.729. The summed E-state index contributed by atoms with van der Waals surface area (Å²) in [5.41, 5.74) is 7.47. The van der Waals surface area contributed by atoms with Gasteiger partial charge in [0.25, 0.3) is 0 Å². The molecule has 5 heteroatoms. The lowest BCUT2D eigenvalue weighted by molar-refractivity contribution is 0.942. The van der Waals surface area contributed by atoms with E-state index in [0.717, 1.165) is 40.8 Å². The fraction of sp³-hybridized carbons (Fsp3) is 0.364. The van der Waals surface area contributed by atoms with E-state index in [9.17, 15) is 0 Å². The second-order valence-electron chi connectivity index (χ2n) is 3.54. The third-order valence-corrected chi connectivity index (χ3v) is 3.51. The van der Waals surface area contributed by atoms with Crippen molar-refractivity contribution in [1.29, 1.82) is 0 Å². The van der Waals surface area contributed by atoms with Crippen LogP contribution >= 0.6 is 23.4 Å². The summed E-state index contributed by atoms with van der Waals surface area (Å²) >= 11 is 7.77. The number of hydrogen-bond donors (Lipinski definition) is 1. The average molecular weight is 256 g/mol. The van der Waals surface area contributed by atoms with Gasteiger partial charge in [-0.15, -0.1) is 0 Å². The third-order valence-electron chi connectivity index (χ3n) is 2.21. The first kappa shape index (κ1) is 11.8. The van der Waals surface area contributed by atoms with Crippen LogP contribution in [0.25, 0.3) is 5.65 Å². The maximum Gasteiger partial charge on any atom is 0.137 e. The smallest absolute Gasteiger partial charge is 0.137 e. The van der Waals surface area contributed by atoms with E-state index in [-0.39, 0.29) is 0 Å². The van der Waals surface area contributed by atoms with E-state index in [1.165, 1.54) is 0 Å². The highest BCUT2D eigenvalue weighted by Gasteiger charge is 2.01. The molecule has 2 aromatic rings. The zero-order chi connectivity index (χ0) is 11.4. The quantitative estimate of drug-likeness (QED) is 0.835. The van der Waals surface area contributed by atoms with Crippen molar-refractivity contribution in [2.45, 2.75) is 12.2 Å². The predicted molar refractivity (Wildman–Crippen MR) is 70.0 cm³/mol. The Labute approximate surface area is 104 Å². The Bertz CT molecular complexity index is 469. The van der Waals surface area contributed by atoms with Gasteiger partial charge in [0.05, 0.1) is 10.7 Å². The molecule has 0 radical (unpaired) electrons. The van der Waals surface area contributed by atoms with Crippen LogP contribution in [-0.2, 0) is 5.75 Å². The van der Waals surface area contributed by atoms with Crippen molar-refractivity contribution in [2.24, 2.45) is 5.73 Å². The Kier molecular flexibility index (Phi) is 4.09. The van der Waals surface area contributed by atoms with Crippen LogP contribution in [0.5, 0.6) is 0 Å². The number of thioether (sulfide) groups is 1. The van der Waals surface area contributed by atoms with Gasteiger partial charge in [-0.3, -0.25) is 0 Å². The molecule has 0 aliphatic rings. The van der Waals surface area contributed by atoms with Crippen LogP contribution in [-0.4, -0.2) is 21.7 Å². The zero-order valence-corrected chi connectivity index (χ0v) is 10.5. The van der Waals surface area contributed by atoms with E-state index in [2.05, 4.69) is 4.98 Å². The highest BCUT2D eigenvalue weighted by molar-refractivity contribution is 7.98. The van der Waals surface area contributed by atoms with Crippen molar-refractivity contribution in [3.8, 4) is 0 Å². The van der Waals surface area contributed by atoms with Crippen molar-refractivity contribution >= 4 is 29.0 Å². The van der Waals surface area contributed by atoms with Gasteiger partial charge in [0.1, 0.15) is 5.65 Å². The number of pyridine rings is 1. The molecule has 0 aliphatic heterocycles. The second kappa shape index (κ2) is 5.57. The molecule has 2 aromatic heterocycles. The van der Waals surface area contributed by atoms with Gasteiger partial charge < -0.3 is 10.1 Å². The Morgan fingerprint density at radius 2 is 2.25 bits per heavy atom. The third kappa shape index (κ3) is 2.90. The molecule has 2 N–H and O–H groups in total. The number of hydrogen-bond acceptors (Lipinski definition) is 3. The molecule has 0 aromatic carbocycles. The Balaban J connectivity index is 2.02. The van der Waals surface area contributed by atoms with Gasteiger partial charge in [-0.1, -0.05) is 11.6 Å². The second-order valence-corrected chi connectivity index (χ2v) is 5.08. The highest BCUT2D eigenvalue weighted by Crippen LogP contribution is 2.15. The van der Waals surface area contributed by atoms with E-state index in [0.29, 0.717) is 0 Å². The molecular weight excluding hydrogens is 242 g/mol. The van der Waals surface area contributed by atoms with Crippen molar-refractivity contribution in [2.75, 3.05) is 12.3 Å². The largest absolute Gasteiger partial charge is 0.330 e. The van der Waals surface area contributed by atoms with Gasteiger partial charge in [0.15, 0.2) is 0 Å². The first-order chi connectivity index (χ1) is 7.79. The normalized spacial score (nSPS) is 11.1. The molecule has 0 amide bonds. The summed E-state index contributed by atoms with van der Waals surface area (Å²) in [6.07, 6.45) is 4.96. The highest BCUT2D eigenvalue weighted by atomic mass is 35.5. The molecule has 0 atom stereocenters. The van der Waals surface area contributed by atoms with Crippen LogP contribution < -0.4 is 5.73 Å². The molecule has 0 saturated carbocycles. The molecule has 3 nitrogen and oxygen atoms in total. The van der Waals surface area contributed by atoms with Crippen LogP contribution in [0.4, 0.5) is 0 Å². The molecular formula is C11H14ClN3S. The van der Waals surface area contributed by atoms with Crippen molar-refractivity contribution in [3.63, 3.8) is 0 Å². The monoisotopic (exact) mass is 255 g/mol. The molecule has 0 fully saturated rings. The summed E-state index contributed by atoms with van der Waals surface area (Å²) in [5.74, 6) is 2.02. The lowest BCUT2D eigenvalue weighted by Crippen LogP contribution is -1.99. The summed E-state index contributed by atoms with van der Waals surface area (Å²) in [5, 5.41) is 0.729. The first-order valence-corrected chi connectivity index (χ1v) is 6.74. The van der Waals surface area contributed by atoms with Gasteiger partial charge in [0, 0.05) is 18.1 Å². The van der Waals surface area contributed by atoms with Gasteiger partial charge in [0.2, 0.25) is 0 Å². The Morgan fingerprint density at radius 3 is 3.06 bits per heavy atom. The number of rotatable bonds is 5. The lowest BCUT2D eigenvalue weighted by Gasteiger charge is -1.95. The van der Waals surface area contributed by atoms with Crippen molar-refractivity contribution in [3.05, 3.63) is 35.2 Å². The molecule has 86 valence electrons. The summed E-state index contributed by atoms with van der Waals surface area (Å²) < 4.78 is 1.96. The number of aromatic nitrogens is 2. The maximum absolute atomic E-state index is 5.91. The fourth-order valence-corrected chi connectivity index (χ4v) is 2.48. The van der Waals surface area contributed by atoms with E-state index >= 15 is 0 Å². The molecule has 0 bridgehead atoms. The number of imidazole rings is 1. The number of fused-ring (bicyclic) bond motifs is 1. The lowest BCUT2D eigenvalue weighted by atomic mass is 10.5. The topological polar surface area (TPSA) is 43.3 Å². The minimum Gasteiger partial charge on any atom is -0.330 e. The van der Waals surface area contributed by atoms with Crippen LogP contribution in [0.3, 0.4) is 0 Å². The molecule has 16 heavy (non-hydrogen) atoms. The minimum atomic E-state index is 0.729. The van der Waals surface area contributed by atoms with Crippen LogP contribution in [0, 0.1) is 0 Å². The van der Waals surface area contributed by atoms with Crippen LogP contribution in [0.2, 0.25) is 5.02 Å². The summed E-state index contributed by atoms with van der Waals surface area (Å²) in [7, 11) is 0. The van der Waals surface area contributed by atoms with Gasteiger partial charge >= 0.3 is 0 Å². The van der Waals surface area contributed by atoms with Gasteiger partial charge in [-0.25, -0.2) is 4.98 Å². The first-order valence-electron chi connectivity index (χ1n) is 5.20. The van der Waals surface area contributed by atoms with Crippen molar-refractivity contribution < 1.29 is 0 Å². The van der Waals surface area contributed by atoms with E-state index < -0.39 is 0 Å². The Hall–Kier alpha value is -0.710. The SMILES string of the molecule is NCCCSCc1cn2cc(Cl)ccc2n1.